The Hall–Kier alpha value is -3.13. The van der Waals surface area contributed by atoms with Crippen molar-refractivity contribution >= 4 is 17.4 Å². The van der Waals surface area contributed by atoms with Crippen LogP contribution in [0.2, 0.25) is 0 Å². The Morgan fingerprint density at radius 1 is 1.21 bits per heavy atom. The van der Waals surface area contributed by atoms with E-state index in [1.54, 1.807) is 38.2 Å². The number of amides is 1. The summed E-state index contributed by atoms with van der Waals surface area (Å²) in [4.78, 5) is 42.0. The normalized spacial score (nSPS) is 18.7. The van der Waals surface area contributed by atoms with Gasteiger partial charge in [0.05, 0.1) is 22.5 Å². The van der Waals surface area contributed by atoms with Gasteiger partial charge in [0.25, 0.3) is 11.7 Å². The maximum absolute atomic E-state index is 12.9. The zero-order valence-electron chi connectivity index (χ0n) is 17.1. The fourth-order valence-electron chi connectivity index (χ4n) is 3.47. The van der Waals surface area contributed by atoms with Gasteiger partial charge < -0.3 is 14.9 Å². The van der Waals surface area contributed by atoms with E-state index in [0.29, 0.717) is 35.7 Å². The van der Waals surface area contributed by atoms with Crippen LogP contribution in [0.1, 0.15) is 35.2 Å². The third kappa shape index (κ3) is 4.17. The number of hydrogen-bond acceptors (Lipinski definition) is 7. The van der Waals surface area contributed by atoms with Crippen molar-refractivity contribution in [3.05, 3.63) is 58.9 Å². The largest absolute Gasteiger partial charge is 0.507 e. The standard InChI is InChI=1S/C21H25N5O3/c1-13-15(12-23-14(2)24-13)19(27)17-18(16-8-5-6-9-22-16)26(21(29)20(17)28)11-7-10-25(3)4/h5-6,8-9,12,18,27H,7,10-11H2,1-4H3/b19-17+/t18-/m1/s1. The first-order chi connectivity index (χ1) is 13.8. The first-order valence-corrected chi connectivity index (χ1v) is 9.46. The van der Waals surface area contributed by atoms with Gasteiger partial charge >= 0.3 is 0 Å². The van der Waals surface area contributed by atoms with Gasteiger partial charge in [-0.1, -0.05) is 6.07 Å². The SMILES string of the molecule is Cc1ncc(/C(O)=C2\C(=O)C(=O)N(CCCN(C)C)[C@@H]2c2ccccn2)c(C)n1. The van der Waals surface area contributed by atoms with Crippen molar-refractivity contribution in [2.45, 2.75) is 26.3 Å². The van der Waals surface area contributed by atoms with E-state index in [1.165, 1.54) is 11.1 Å². The summed E-state index contributed by atoms with van der Waals surface area (Å²) in [6.45, 7) is 4.62. The summed E-state index contributed by atoms with van der Waals surface area (Å²) in [5, 5.41) is 11.0. The molecule has 3 heterocycles. The Balaban J connectivity index is 2.10. The van der Waals surface area contributed by atoms with Crippen LogP contribution in [0.25, 0.3) is 5.76 Å². The molecular formula is C21H25N5O3. The van der Waals surface area contributed by atoms with Crippen LogP contribution in [0.4, 0.5) is 0 Å². The third-order valence-corrected chi connectivity index (χ3v) is 4.87. The van der Waals surface area contributed by atoms with Crippen molar-refractivity contribution in [1.82, 2.24) is 24.8 Å². The maximum Gasteiger partial charge on any atom is 0.295 e. The molecule has 0 bridgehead atoms. The lowest BCUT2D eigenvalue weighted by Gasteiger charge is -2.25. The summed E-state index contributed by atoms with van der Waals surface area (Å²) >= 11 is 0. The van der Waals surface area contributed by atoms with Gasteiger partial charge in [-0.3, -0.25) is 14.6 Å². The number of aliphatic hydroxyl groups excluding tert-OH is 1. The van der Waals surface area contributed by atoms with E-state index in [-0.39, 0.29) is 11.3 Å². The first-order valence-electron chi connectivity index (χ1n) is 9.46. The van der Waals surface area contributed by atoms with Gasteiger partial charge in [0.2, 0.25) is 0 Å². The second-order valence-corrected chi connectivity index (χ2v) is 7.32. The van der Waals surface area contributed by atoms with Gasteiger partial charge in [0.15, 0.2) is 0 Å². The van der Waals surface area contributed by atoms with Gasteiger partial charge in [-0.05, 0) is 53.0 Å². The van der Waals surface area contributed by atoms with E-state index in [4.69, 9.17) is 0 Å². The van der Waals surface area contributed by atoms with E-state index >= 15 is 0 Å². The molecule has 1 atom stereocenters. The highest BCUT2D eigenvalue weighted by Gasteiger charge is 2.46. The number of Topliss-reactive ketones (excluding diaryl/α,β-unsaturated/α-hetero) is 1. The number of hydrogen-bond donors (Lipinski definition) is 1. The van der Waals surface area contributed by atoms with E-state index in [9.17, 15) is 14.7 Å². The van der Waals surface area contributed by atoms with Crippen LogP contribution in [0.3, 0.4) is 0 Å². The number of ketones is 1. The van der Waals surface area contributed by atoms with Crippen molar-refractivity contribution < 1.29 is 14.7 Å². The van der Waals surface area contributed by atoms with Gasteiger partial charge in [-0.2, -0.15) is 0 Å². The molecule has 0 aliphatic carbocycles. The molecule has 2 aromatic heterocycles. The second-order valence-electron chi connectivity index (χ2n) is 7.32. The maximum atomic E-state index is 12.9. The molecule has 1 aliphatic rings. The Bertz CT molecular complexity index is 956. The zero-order valence-corrected chi connectivity index (χ0v) is 17.1. The summed E-state index contributed by atoms with van der Waals surface area (Å²) in [5.41, 5.74) is 1.43. The highest BCUT2D eigenvalue weighted by molar-refractivity contribution is 6.46. The quantitative estimate of drug-likeness (QED) is 0.453. The number of pyridine rings is 1. The molecule has 0 spiro atoms. The fourth-order valence-corrected chi connectivity index (χ4v) is 3.47. The van der Waals surface area contributed by atoms with E-state index in [2.05, 4.69) is 15.0 Å². The molecule has 2 aromatic rings. The van der Waals surface area contributed by atoms with Crippen LogP contribution >= 0.6 is 0 Å². The highest BCUT2D eigenvalue weighted by atomic mass is 16.3. The number of rotatable bonds is 6. The minimum absolute atomic E-state index is 0.0223. The van der Waals surface area contributed by atoms with Gasteiger partial charge in [-0.25, -0.2) is 9.97 Å². The minimum atomic E-state index is -0.751. The van der Waals surface area contributed by atoms with Gasteiger partial charge in [0.1, 0.15) is 17.6 Å². The summed E-state index contributed by atoms with van der Waals surface area (Å²) < 4.78 is 0. The zero-order chi connectivity index (χ0) is 21.1. The van der Waals surface area contributed by atoms with Crippen LogP contribution in [-0.2, 0) is 9.59 Å². The molecule has 1 fully saturated rings. The van der Waals surface area contributed by atoms with Gasteiger partial charge in [-0.15, -0.1) is 0 Å². The highest BCUT2D eigenvalue weighted by Crippen LogP contribution is 2.38. The van der Waals surface area contributed by atoms with Crippen molar-refractivity contribution in [1.29, 1.82) is 0 Å². The van der Waals surface area contributed by atoms with E-state index in [0.717, 1.165) is 6.54 Å². The topological polar surface area (TPSA) is 99.5 Å². The van der Waals surface area contributed by atoms with Crippen molar-refractivity contribution in [2.24, 2.45) is 0 Å². The van der Waals surface area contributed by atoms with Crippen LogP contribution in [-0.4, -0.2) is 68.7 Å². The Morgan fingerprint density at radius 2 is 1.97 bits per heavy atom. The lowest BCUT2D eigenvalue weighted by Crippen LogP contribution is -2.32. The summed E-state index contributed by atoms with van der Waals surface area (Å²) in [6, 6.07) is 4.56. The Morgan fingerprint density at radius 3 is 2.59 bits per heavy atom. The number of carbonyl (C=O) groups is 2. The molecule has 0 radical (unpaired) electrons. The Kier molecular flexibility index (Phi) is 6.03. The molecule has 3 rings (SSSR count). The predicted molar refractivity (Wildman–Crippen MR) is 108 cm³/mol. The number of carbonyl (C=O) groups excluding carboxylic acids is 2. The Labute approximate surface area is 169 Å². The predicted octanol–water partition coefficient (Wildman–Crippen LogP) is 1.86. The monoisotopic (exact) mass is 395 g/mol. The first kappa shape index (κ1) is 20.6. The molecule has 0 aromatic carbocycles. The summed E-state index contributed by atoms with van der Waals surface area (Å²) in [6.07, 6.45) is 3.77. The van der Waals surface area contributed by atoms with Crippen LogP contribution in [0.5, 0.6) is 0 Å². The summed E-state index contributed by atoms with van der Waals surface area (Å²) in [5.74, 6) is -1.06. The molecule has 8 heteroatoms. The number of likely N-dealkylation sites (tertiary alicyclic amines) is 1. The van der Waals surface area contributed by atoms with Crippen LogP contribution in [0, 0.1) is 13.8 Å². The smallest absolute Gasteiger partial charge is 0.295 e. The number of aliphatic hydroxyl groups is 1. The molecule has 1 N–H and O–H groups in total. The molecule has 0 unspecified atom stereocenters. The number of aryl methyl sites for hydroxylation is 2. The fraction of sp³-hybridized carbons (Fsp3) is 0.381. The van der Waals surface area contributed by atoms with Crippen LogP contribution < -0.4 is 0 Å². The third-order valence-electron chi connectivity index (χ3n) is 4.87. The lowest BCUT2D eigenvalue weighted by molar-refractivity contribution is -0.140. The molecular weight excluding hydrogens is 370 g/mol. The molecule has 8 nitrogen and oxygen atoms in total. The van der Waals surface area contributed by atoms with E-state index in [1.807, 2.05) is 19.0 Å². The molecule has 1 amide bonds. The van der Waals surface area contributed by atoms with Crippen molar-refractivity contribution in [3.8, 4) is 0 Å². The van der Waals surface area contributed by atoms with Gasteiger partial charge in [0, 0.05) is 18.9 Å². The molecule has 1 aliphatic heterocycles. The molecule has 29 heavy (non-hydrogen) atoms. The van der Waals surface area contributed by atoms with Crippen molar-refractivity contribution in [3.63, 3.8) is 0 Å². The lowest BCUT2D eigenvalue weighted by atomic mass is 9.98. The number of nitrogens with zero attached hydrogens (tertiary/aromatic N) is 5. The molecule has 1 saturated heterocycles. The van der Waals surface area contributed by atoms with E-state index < -0.39 is 17.7 Å². The number of aromatic nitrogens is 3. The minimum Gasteiger partial charge on any atom is -0.507 e. The average molecular weight is 395 g/mol. The molecule has 0 saturated carbocycles. The molecule has 152 valence electrons. The van der Waals surface area contributed by atoms with Crippen LogP contribution in [0.15, 0.2) is 36.2 Å². The second kappa shape index (κ2) is 8.48. The average Bonchev–Trinajstić information content (AvgIpc) is 2.93. The summed E-state index contributed by atoms with van der Waals surface area (Å²) in [7, 11) is 3.90. The van der Waals surface area contributed by atoms with Crippen molar-refractivity contribution in [2.75, 3.05) is 27.2 Å².